The minimum Gasteiger partial charge on any atom is -0.466 e. The van der Waals surface area contributed by atoms with Crippen LogP contribution < -0.4 is 0 Å². The minimum absolute atomic E-state index is 0.143. The molecule has 2 atom stereocenters. The van der Waals surface area contributed by atoms with Crippen LogP contribution in [0, 0.1) is 33.9 Å². The molecule has 33 heavy (non-hydrogen) atoms. The lowest BCUT2D eigenvalue weighted by atomic mass is 9.60. The first kappa shape index (κ1) is 21.8. The number of methoxy groups -OCH3 is 2. The molecule has 0 saturated carbocycles. The number of rotatable bonds is 3. The SMILES string of the molecule is COC(=O)C1=C(C(=O)OC)N2C=Cc3ccccc3[C@H]2C(C#N)(C#N)[C@H]1c1ccc(F)cc1. The van der Waals surface area contributed by atoms with Gasteiger partial charge in [-0.25, -0.2) is 14.0 Å². The third kappa shape index (κ3) is 3.16. The molecule has 0 spiro atoms. The van der Waals surface area contributed by atoms with Crippen molar-refractivity contribution in [2.24, 2.45) is 5.41 Å². The number of fused-ring (bicyclic) bond motifs is 3. The lowest BCUT2D eigenvalue weighted by Gasteiger charge is -2.49. The van der Waals surface area contributed by atoms with Crippen molar-refractivity contribution in [1.82, 2.24) is 4.90 Å². The molecule has 4 rings (SSSR count). The number of carbonyl (C=O) groups excluding carboxylic acids is 2. The van der Waals surface area contributed by atoms with Gasteiger partial charge in [0.1, 0.15) is 11.5 Å². The van der Waals surface area contributed by atoms with Crippen molar-refractivity contribution >= 4 is 18.0 Å². The number of nitriles is 2. The van der Waals surface area contributed by atoms with Crippen molar-refractivity contribution in [1.29, 1.82) is 10.5 Å². The van der Waals surface area contributed by atoms with Crippen molar-refractivity contribution in [3.05, 3.63) is 88.5 Å². The van der Waals surface area contributed by atoms with E-state index in [2.05, 4.69) is 12.1 Å². The van der Waals surface area contributed by atoms with Gasteiger partial charge in [-0.3, -0.25) is 0 Å². The summed E-state index contributed by atoms with van der Waals surface area (Å²) >= 11 is 0. The standard InChI is InChI=1S/C25H18FN3O4/c1-32-23(30)19-20(16-7-9-17(26)10-8-16)25(13-27,14-28)22-18-6-4-3-5-15(18)11-12-29(22)21(19)24(31)33-2/h3-12,20,22H,1-2H3/t20-,22-/m0/s1. The first-order chi connectivity index (χ1) is 15.9. The van der Waals surface area contributed by atoms with E-state index in [1.54, 1.807) is 24.4 Å². The Bertz CT molecular complexity index is 1270. The summed E-state index contributed by atoms with van der Waals surface area (Å²) in [4.78, 5) is 27.5. The number of hydrogen-bond acceptors (Lipinski definition) is 7. The lowest BCUT2D eigenvalue weighted by Crippen LogP contribution is -2.50. The zero-order chi connectivity index (χ0) is 23.8. The molecule has 0 fully saturated rings. The molecule has 2 aliphatic heterocycles. The van der Waals surface area contributed by atoms with E-state index < -0.39 is 35.1 Å². The van der Waals surface area contributed by atoms with Gasteiger partial charge in [0.25, 0.3) is 0 Å². The second-order valence-corrected chi connectivity index (χ2v) is 7.58. The third-order valence-electron chi connectivity index (χ3n) is 6.03. The van der Waals surface area contributed by atoms with Crippen LogP contribution in [-0.2, 0) is 19.1 Å². The van der Waals surface area contributed by atoms with Crippen molar-refractivity contribution < 1.29 is 23.5 Å². The monoisotopic (exact) mass is 443 g/mol. The summed E-state index contributed by atoms with van der Waals surface area (Å²) in [5.41, 5.74) is -0.527. The third-order valence-corrected chi connectivity index (χ3v) is 6.03. The van der Waals surface area contributed by atoms with Gasteiger partial charge >= 0.3 is 11.9 Å². The Hall–Kier alpha value is -4.43. The Morgan fingerprint density at radius 2 is 1.64 bits per heavy atom. The second-order valence-electron chi connectivity index (χ2n) is 7.58. The second kappa shape index (κ2) is 8.25. The Labute approximate surface area is 189 Å². The van der Waals surface area contributed by atoms with Gasteiger partial charge in [-0.2, -0.15) is 10.5 Å². The summed E-state index contributed by atoms with van der Waals surface area (Å²) in [7, 11) is 2.31. The predicted molar refractivity (Wildman–Crippen MR) is 114 cm³/mol. The Morgan fingerprint density at radius 1 is 1.00 bits per heavy atom. The number of carbonyl (C=O) groups is 2. The van der Waals surface area contributed by atoms with Gasteiger partial charge in [-0.1, -0.05) is 36.4 Å². The molecular weight excluding hydrogens is 425 g/mol. The van der Waals surface area contributed by atoms with E-state index in [-0.39, 0.29) is 11.3 Å². The van der Waals surface area contributed by atoms with Crippen LogP contribution in [0.25, 0.3) is 6.08 Å². The van der Waals surface area contributed by atoms with Crippen LogP contribution in [0.1, 0.15) is 28.7 Å². The molecule has 2 aromatic rings. The highest BCUT2D eigenvalue weighted by atomic mass is 19.1. The summed E-state index contributed by atoms with van der Waals surface area (Å²) < 4.78 is 23.7. The average Bonchev–Trinajstić information content (AvgIpc) is 2.86. The Balaban J connectivity index is 2.16. The minimum atomic E-state index is -1.88. The van der Waals surface area contributed by atoms with Gasteiger partial charge in [-0.15, -0.1) is 0 Å². The zero-order valence-electron chi connectivity index (χ0n) is 17.8. The summed E-state index contributed by atoms with van der Waals surface area (Å²) in [6.07, 6.45) is 3.27. The van der Waals surface area contributed by atoms with Crippen LogP contribution in [0.3, 0.4) is 0 Å². The van der Waals surface area contributed by atoms with E-state index in [9.17, 15) is 24.5 Å². The smallest absolute Gasteiger partial charge is 0.355 e. The van der Waals surface area contributed by atoms with Crippen LogP contribution >= 0.6 is 0 Å². The van der Waals surface area contributed by atoms with Crippen LogP contribution in [0.15, 0.2) is 66.0 Å². The highest BCUT2D eigenvalue weighted by molar-refractivity contribution is 6.02. The van der Waals surface area contributed by atoms with Crippen molar-refractivity contribution in [3.63, 3.8) is 0 Å². The van der Waals surface area contributed by atoms with Crippen LogP contribution in [-0.4, -0.2) is 31.1 Å². The molecule has 8 heteroatoms. The molecule has 0 unspecified atom stereocenters. The van der Waals surface area contributed by atoms with E-state index >= 15 is 0 Å². The van der Waals surface area contributed by atoms with Gasteiger partial charge in [0.15, 0.2) is 5.41 Å². The average molecular weight is 443 g/mol. The van der Waals surface area contributed by atoms with Crippen LogP contribution in [0.4, 0.5) is 4.39 Å². The van der Waals surface area contributed by atoms with Gasteiger partial charge < -0.3 is 14.4 Å². The first-order valence-corrected chi connectivity index (χ1v) is 9.97. The summed E-state index contributed by atoms with van der Waals surface area (Å²) in [5, 5.41) is 20.9. The molecule has 0 aromatic heterocycles. The molecule has 164 valence electrons. The molecule has 2 aliphatic rings. The maximum Gasteiger partial charge on any atom is 0.355 e. The van der Waals surface area contributed by atoms with E-state index in [0.717, 1.165) is 12.7 Å². The van der Waals surface area contributed by atoms with Gasteiger partial charge in [0.2, 0.25) is 0 Å². The molecule has 2 aromatic carbocycles. The van der Waals surface area contributed by atoms with Crippen molar-refractivity contribution in [2.45, 2.75) is 12.0 Å². The van der Waals surface area contributed by atoms with Crippen molar-refractivity contribution in [3.8, 4) is 12.1 Å². The molecule has 0 amide bonds. The van der Waals surface area contributed by atoms with Gasteiger partial charge in [0.05, 0.1) is 43.9 Å². The highest BCUT2D eigenvalue weighted by Gasteiger charge is 2.60. The van der Waals surface area contributed by atoms with Gasteiger partial charge in [0, 0.05) is 6.20 Å². The fourth-order valence-corrected chi connectivity index (χ4v) is 4.64. The molecule has 0 aliphatic carbocycles. The fraction of sp³-hybridized carbons (Fsp3) is 0.200. The van der Waals surface area contributed by atoms with E-state index in [4.69, 9.17) is 9.47 Å². The molecule has 0 bridgehead atoms. The number of esters is 2. The summed E-state index contributed by atoms with van der Waals surface area (Å²) in [6, 6.07) is 15.6. The maximum absolute atomic E-state index is 13.7. The zero-order valence-corrected chi connectivity index (χ0v) is 17.8. The maximum atomic E-state index is 13.7. The quantitative estimate of drug-likeness (QED) is 0.668. The molecule has 0 radical (unpaired) electrons. The van der Waals surface area contributed by atoms with E-state index in [1.807, 2.05) is 12.1 Å². The first-order valence-electron chi connectivity index (χ1n) is 9.97. The molecule has 2 heterocycles. The highest BCUT2D eigenvalue weighted by Crippen LogP contribution is 2.58. The normalized spacial score (nSPS) is 20.1. The topological polar surface area (TPSA) is 103 Å². The molecule has 0 saturated heterocycles. The summed E-state index contributed by atoms with van der Waals surface area (Å²) in [6.45, 7) is 0. The van der Waals surface area contributed by atoms with Gasteiger partial charge in [-0.05, 0) is 34.9 Å². The lowest BCUT2D eigenvalue weighted by molar-refractivity contribution is -0.142. The number of halogens is 1. The predicted octanol–water partition coefficient (Wildman–Crippen LogP) is 3.58. The Morgan fingerprint density at radius 3 is 2.24 bits per heavy atom. The van der Waals surface area contributed by atoms with E-state index in [0.29, 0.717) is 11.1 Å². The number of benzene rings is 2. The number of hydrogen-bond donors (Lipinski definition) is 0. The molecule has 0 N–H and O–H groups in total. The molecule has 7 nitrogen and oxygen atoms in total. The van der Waals surface area contributed by atoms with Crippen molar-refractivity contribution in [2.75, 3.05) is 14.2 Å². The fourth-order valence-electron chi connectivity index (χ4n) is 4.64. The van der Waals surface area contributed by atoms with Crippen LogP contribution in [0.5, 0.6) is 0 Å². The van der Waals surface area contributed by atoms with Crippen LogP contribution in [0.2, 0.25) is 0 Å². The number of nitrogens with zero attached hydrogens (tertiary/aromatic N) is 3. The number of ether oxygens (including phenoxy) is 2. The Kier molecular flexibility index (Phi) is 5.45. The molecular formula is C25H18FN3O4. The largest absolute Gasteiger partial charge is 0.466 e. The summed E-state index contributed by atoms with van der Waals surface area (Å²) in [5.74, 6) is -3.49. The van der Waals surface area contributed by atoms with E-state index in [1.165, 1.54) is 36.3 Å².